The Bertz CT molecular complexity index is 1230. The number of amides is 2. The van der Waals surface area contributed by atoms with Crippen LogP contribution >= 0.6 is 0 Å². The Morgan fingerprint density at radius 3 is 2.59 bits per heavy atom. The number of rotatable bonds is 4. The highest BCUT2D eigenvalue weighted by atomic mass is 16.6. The normalized spacial score (nSPS) is 26.5. The van der Waals surface area contributed by atoms with Gasteiger partial charge in [0.2, 0.25) is 11.8 Å². The molecule has 174 valence electrons. The van der Waals surface area contributed by atoms with E-state index in [-0.39, 0.29) is 30.0 Å². The lowest BCUT2D eigenvalue weighted by Gasteiger charge is -2.41. The first-order valence-electron chi connectivity index (χ1n) is 10.9. The number of non-ortho nitro benzene ring substituents is 1. The molecule has 0 unspecified atom stereocenters. The number of aromatic hydroxyl groups is 1. The minimum absolute atomic E-state index is 0.0195. The van der Waals surface area contributed by atoms with Gasteiger partial charge in [0, 0.05) is 17.7 Å². The van der Waals surface area contributed by atoms with Crippen molar-refractivity contribution < 1.29 is 34.4 Å². The smallest absolute Gasteiger partial charge is 0.487 e. The Labute approximate surface area is 194 Å². The fraction of sp³-hybridized carbons (Fsp3) is 0.304. The van der Waals surface area contributed by atoms with Crippen LogP contribution in [0.15, 0.2) is 59.6 Å². The van der Waals surface area contributed by atoms with Gasteiger partial charge < -0.3 is 19.9 Å². The number of carbonyl (C=O) groups is 2. The summed E-state index contributed by atoms with van der Waals surface area (Å²) in [6, 6.07) is 11.8. The first kappa shape index (κ1) is 22.3. The monoisotopic (exact) mass is 464 g/mol. The van der Waals surface area contributed by atoms with Crippen molar-refractivity contribution in [3.8, 4) is 5.75 Å². The number of fused-ring (bicyclic) bond motifs is 3. The lowest BCUT2D eigenvalue weighted by molar-refractivity contribution is -0.384. The molecule has 10 nitrogen and oxygen atoms in total. The number of hydrogen-bond donors (Lipinski definition) is 3. The molecule has 0 saturated carbocycles. The zero-order valence-corrected chi connectivity index (χ0v) is 17.9. The maximum Gasteiger partial charge on any atom is 0.487 e. The van der Waals surface area contributed by atoms with E-state index in [4.69, 9.17) is 4.65 Å². The molecule has 4 atom stereocenters. The van der Waals surface area contributed by atoms with Crippen LogP contribution in [0.5, 0.6) is 5.75 Å². The Hall–Kier alpha value is -3.54. The zero-order valence-electron chi connectivity index (χ0n) is 17.9. The summed E-state index contributed by atoms with van der Waals surface area (Å²) in [6.07, 6.45) is -0.459. The summed E-state index contributed by atoms with van der Waals surface area (Å²) in [5, 5.41) is 42.3. The average molecular weight is 464 g/mol. The Morgan fingerprint density at radius 2 is 1.88 bits per heavy atom. The quantitative estimate of drug-likeness (QED) is 0.269. The number of phenolic OH excluding ortho intramolecular Hbond substituents is 1. The second-order valence-electron chi connectivity index (χ2n) is 8.72. The minimum atomic E-state index is -1.42. The Kier molecular flexibility index (Phi) is 5.47. The van der Waals surface area contributed by atoms with Gasteiger partial charge in [0.25, 0.3) is 5.69 Å². The third-order valence-corrected chi connectivity index (χ3v) is 6.98. The summed E-state index contributed by atoms with van der Waals surface area (Å²) >= 11 is 0. The number of allylic oxidation sites excluding steroid dienone is 1. The number of para-hydroxylation sites is 1. The van der Waals surface area contributed by atoms with Crippen molar-refractivity contribution >= 4 is 30.3 Å². The van der Waals surface area contributed by atoms with E-state index in [2.05, 4.69) is 0 Å². The van der Waals surface area contributed by atoms with Crippen molar-refractivity contribution in [3.63, 3.8) is 0 Å². The van der Waals surface area contributed by atoms with E-state index in [1.807, 2.05) is 0 Å². The van der Waals surface area contributed by atoms with E-state index in [1.54, 1.807) is 18.2 Å². The maximum absolute atomic E-state index is 13.6. The zero-order chi connectivity index (χ0) is 24.1. The van der Waals surface area contributed by atoms with Gasteiger partial charge in [-0.05, 0) is 41.9 Å². The molecule has 0 radical (unpaired) electrons. The van der Waals surface area contributed by atoms with E-state index >= 15 is 0 Å². The summed E-state index contributed by atoms with van der Waals surface area (Å²) in [5.41, 5.74) is 1.13. The summed E-state index contributed by atoms with van der Waals surface area (Å²) < 4.78 is 5.76. The second kappa shape index (κ2) is 8.35. The number of hydrogen-bond acceptors (Lipinski definition) is 8. The lowest BCUT2D eigenvalue weighted by Crippen LogP contribution is -2.45. The summed E-state index contributed by atoms with van der Waals surface area (Å²) in [4.78, 5) is 38.5. The molecule has 2 aromatic carbocycles. The van der Waals surface area contributed by atoms with Crippen LogP contribution in [-0.2, 0) is 14.2 Å². The molecule has 5 rings (SSSR count). The van der Waals surface area contributed by atoms with Crippen molar-refractivity contribution in [2.75, 3.05) is 11.5 Å². The van der Waals surface area contributed by atoms with Crippen LogP contribution in [0.3, 0.4) is 0 Å². The van der Waals surface area contributed by atoms with Gasteiger partial charge >= 0.3 is 7.12 Å². The van der Waals surface area contributed by atoms with Gasteiger partial charge in [-0.2, -0.15) is 0 Å². The van der Waals surface area contributed by atoms with E-state index in [9.17, 15) is 34.9 Å². The molecular formula is C23H21BN2O8. The number of anilines is 1. The number of carbonyl (C=O) groups excluding carboxylic acids is 2. The molecule has 2 fully saturated rings. The van der Waals surface area contributed by atoms with Gasteiger partial charge in [-0.15, -0.1) is 0 Å². The van der Waals surface area contributed by atoms with E-state index in [0.717, 1.165) is 4.90 Å². The predicted molar refractivity (Wildman–Crippen MR) is 119 cm³/mol. The van der Waals surface area contributed by atoms with Crippen LogP contribution < -0.4 is 4.90 Å². The van der Waals surface area contributed by atoms with Crippen LogP contribution in [0.25, 0.3) is 0 Å². The molecule has 11 heteroatoms. The number of nitro groups is 1. The van der Waals surface area contributed by atoms with Crippen molar-refractivity contribution in [2.45, 2.75) is 18.9 Å². The lowest BCUT2D eigenvalue weighted by atomic mass is 9.55. The number of imide groups is 1. The highest BCUT2D eigenvalue weighted by molar-refractivity contribution is 6.53. The van der Waals surface area contributed by atoms with Crippen LogP contribution in [0.2, 0.25) is 0 Å². The number of phenols is 1. The summed E-state index contributed by atoms with van der Waals surface area (Å²) in [5.74, 6) is -3.26. The first-order valence-corrected chi connectivity index (χ1v) is 10.9. The van der Waals surface area contributed by atoms with E-state index < -0.39 is 54.3 Å². The molecule has 3 N–H and O–H groups in total. The molecule has 2 heterocycles. The minimum Gasteiger partial charge on any atom is -0.508 e. The van der Waals surface area contributed by atoms with E-state index in [1.165, 1.54) is 30.3 Å². The Balaban J connectivity index is 1.55. The Morgan fingerprint density at radius 1 is 1.12 bits per heavy atom. The third-order valence-electron chi connectivity index (χ3n) is 6.98. The molecule has 2 amide bonds. The predicted octanol–water partition coefficient (Wildman–Crippen LogP) is 1.90. The van der Waals surface area contributed by atoms with E-state index in [0.29, 0.717) is 16.6 Å². The topological polar surface area (TPSA) is 150 Å². The second-order valence-corrected chi connectivity index (χ2v) is 8.72. The molecule has 1 aliphatic carbocycles. The van der Waals surface area contributed by atoms with Crippen LogP contribution in [0, 0.1) is 27.9 Å². The fourth-order valence-corrected chi connectivity index (χ4v) is 5.52. The van der Waals surface area contributed by atoms with Gasteiger partial charge in [0.1, 0.15) is 5.75 Å². The summed E-state index contributed by atoms with van der Waals surface area (Å²) in [6.45, 7) is -0.408. The molecule has 34 heavy (non-hydrogen) atoms. The fourth-order valence-electron chi connectivity index (χ4n) is 5.52. The molecule has 0 spiro atoms. The number of aliphatic hydroxyl groups is 1. The van der Waals surface area contributed by atoms with Crippen LogP contribution in [0.1, 0.15) is 24.5 Å². The van der Waals surface area contributed by atoms with Gasteiger partial charge in [0.15, 0.2) is 0 Å². The molecule has 3 aliphatic rings. The highest BCUT2D eigenvalue weighted by Crippen LogP contribution is 2.52. The first-order chi connectivity index (χ1) is 16.3. The molecule has 0 aromatic heterocycles. The van der Waals surface area contributed by atoms with Gasteiger partial charge in [-0.3, -0.25) is 19.7 Å². The SMILES string of the molecule is O=C1[C@H]2[C@H](CC(CO)=C3B(O)O[C@H](c4ccccc4O)C[C@H]32)C(=O)N1c1cccc([N+](=O)[O-])c1. The molecular weight excluding hydrogens is 443 g/mol. The number of benzene rings is 2. The van der Waals surface area contributed by atoms with Crippen molar-refractivity contribution in [2.24, 2.45) is 17.8 Å². The van der Waals surface area contributed by atoms with Crippen LogP contribution in [-0.4, -0.2) is 45.7 Å². The number of nitrogens with zero attached hydrogens (tertiary/aromatic N) is 2. The largest absolute Gasteiger partial charge is 0.508 e. The van der Waals surface area contributed by atoms with Crippen molar-refractivity contribution in [1.82, 2.24) is 0 Å². The number of nitro benzene ring substituents is 1. The number of aliphatic hydroxyl groups excluding tert-OH is 1. The van der Waals surface area contributed by atoms with Crippen molar-refractivity contribution in [1.29, 1.82) is 0 Å². The van der Waals surface area contributed by atoms with Crippen molar-refractivity contribution in [3.05, 3.63) is 75.3 Å². The molecule has 2 aliphatic heterocycles. The molecule has 0 bridgehead atoms. The van der Waals surface area contributed by atoms with Gasteiger partial charge in [-0.25, -0.2) is 4.90 Å². The molecule has 2 saturated heterocycles. The van der Waals surface area contributed by atoms with Gasteiger partial charge in [0.05, 0.1) is 35.2 Å². The van der Waals surface area contributed by atoms with Crippen LogP contribution in [0.4, 0.5) is 11.4 Å². The highest BCUT2D eigenvalue weighted by Gasteiger charge is 2.58. The summed E-state index contributed by atoms with van der Waals surface area (Å²) in [7, 11) is -1.42. The third kappa shape index (κ3) is 3.40. The van der Waals surface area contributed by atoms with Gasteiger partial charge in [-0.1, -0.05) is 24.3 Å². The standard InChI is InChI=1S/C23H21BN2O8/c27-11-12-8-17-20(23(30)25(22(17)29)13-4-3-5-14(9-13)26(32)33)16-10-19(34-24(31)21(12)16)15-6-1-2-7-18(15)28/h1-7,9,16-17,19-20,27-28,31H,8,10-11H2/t16-,17-,19-,20+/m0/s1. The molecule has 2 aromatic rings. The average Bonchev–Trinajstić information content (AvgIpc) is 3.08. The maximum atomic E-state index is 13.6.